The normalized spacial score (nSPS) is 21.1. The van der Waals surface area contributed by atoms with Crippen molar-refractivity contribution in [2.45, 2.75) is 32.3 Å². The summed E-state index contributed by atoms with van der Waals surface area (Å²) >= 11 is 0. The van der Waals surface area contributed by atoms with Gasteiger partial charge in [-0.1, -0.05) is 0 Å². The molecule has 1 aliphatic rings. The number of hydrogen-bond donors (Lipinski definition) is 2. The number of aliphatic hydroxyl groups is 1. The molecule has 1 aromatic carbocycles. The van der Waals surface area contributed by atoms with Gasteiger partial charge < -0.3 is 15.3 Å². The maximum Gasteiger partial charge on any atom is 0.253 e. The Hall–Kier alpha value is -1.88. The molecule has 5 heteroatoms. The number of carbonyl (C=O) groups is 2. The highest BCUT2D eigenvalue weighted by molar-refractivity contribution is 5.97. The van der Waals surface area contributed by atoms with E-state index in [4.69, 9.17) is 0 Å². The first-order chi connectivity index (χ1) is 9.90. The zero-order chi connectivity index (χ0) is 15.6. The second-order valence-corrected chi connectivity index (χ2v) is 5.82. The molecule has 2 atom stereocenters. The Kier molecular flexibility index (Phi) is 4.63. The maximum absolute atomic E-state index is 12.1. The Bertz CT molecular complexity index is 554. The van der Waals surface area contributed by atoms with Crippen molar-refractivity contribution in [1.82, 2.24) is 4.90 Å². The zero-order valence-electron chi connectivity index (χ0n) is 12.7. The van der Waals surface area contributed by atoms with Gasteiger partial charge in [0.05, 0.1) is 12.0 Å². The van der Waals surface area contributed by atoms with Gasteiger partial charge in [0.2, 0.25) is 5.91 Å². The van der Waals surface area contributed by atoms with E-state index >= 15 is 0 Å². The number of rotatable bonds is 3. The molecule has 1 fully saturated rings. The molecular weight excluding hydrogens is 268 g/mol. The molecule has 0 aromatic heterocycles. The Balaban J connectivity index is 2.10. The second kappa shape index (κ2) is 6.26. The minimum absolute atomic E-state index is 0.0587. The van der Waals surface area contributed by atoms with Crippen molar-refractivity contribution in [3.8, 4) is 0 Å². The van der Waals surface area contributed by atoms with E-state index in [1.165, 1.54) is 4.90 Å². The van der Waals surface area contributed by atoms with E-state index in [0.29, 0.717) is 17.7 Å². The number of aliphatic hydroxyl groups excluding tert-OH is 1. The molecule has 2 unspecified atom stereocenters. The van der Waals surface area contributed by atoms with E-state index in [0.717, 1.165) is 18.4 Å². The molecule has 0 bridgehead atoms. The van der Waals surface area contributed by atoms with Crippen LogP contribution in [0.25, 0.3) is 0 Å². The smallest absolute Gasteiger partial charge is 0.253 e. The third-order valence-corrected chi connectivity index (χ3v) is 3.95. The van der Waals surface area contributed by atoms with Crippen LogP contribution in [0, 0.1) is 12.8 Å². The van der Waals surface area contributed by atoms with Crippen molar-refractivity contribution in [3.05, 3.63) is 29.3 Å². The fraction of sp³-hybridized carbons (Fsp3) is 0.500. The summed E-state index contributed by atoms with van der Waals surface area (Å²) in [6, 6.07) is 5.23. The third kappa shape index (κ3) is 3.42. The molecule has 0 radical (unpaired) electrons. The molecule has 2 N–H and O–H groups in total. The van der Waals surface area contributed by atoms with Gasteiger partial charge in [-0.15, -0.1) is 0 Å². The molecule has 2 rings (SSSR count). The van der Waals surface area contributed by atoms with E-state index in [2.05, 4.69) is 5.32 Å². The number of nitrogens with one attached hydrogen (secondary N) is 1. The maximum atomic E-state index is 12.1. The number of benzene rings is 1. The number of aryl methyl sites for hydroxylation is 1. The summed E-state index contributed by atoms with van der Waals surface area (Å²) in [6.07, 6.45) is 1.76. The van der Waals surface area contributed by atoms with Gasteiger partial charge in [0.15, 0.2) is 0 Å². The number of anilines is 1. The van der Waals surface area contributed by atoms with Crippen LogP contribution in [0.1, 0.15) is 35.2 Å². The van der Waals surface area contributed by atoms with Gasteiger partial charge >= 0.3 is 0 Å². The van der Waals surface area contributed by atoms with Crippen molar-refractivity contribution < 1.29 is 14.7 Å². The first kappa shape index (κ1) is 15.5. The quantitative estimate of drug-likeness (QED) is 0.891. The van der Waals surface area contributed by atoms with Crippen LogP contribution in [-0.4, -0.2) is 42.0 Å². The average molecular weight is 290 g/mol. The molecule has 21 heavy (non-hydrogen) atoms. The third-order valence-electron chi connectivity index (χ3n) is 3.95. The highest BCUT2D eigenvalue weighted by atomic mass is 16.3. The van der Waals surface area contributed by atoms with E-state index in [1.54, 1.807) is 32.3 Å². The molecule has 1 saturated carbocycles. The van der Waals surface area contributed by atoms with Gasteiger partial charge in [0.25, 0.3) is 5.91 Å². The first-order valence-corrected chi connectivity index (χ1v) is 7.21. The summed E-state index contributed by atoms with van der Waals surface area (Å²) in [5.41, 5.74) is 2.10. The van der Waals surface area contributed by atoms with E-state index in [1.807, 2.05) is 6.92 Å². The minimum Gasteiger partial charge on any atom is -0.392 e. The molecule has 0 spiro atoms. The molecular formula is C16H22N2O3. The van der Waals surface area contributed by atoms with Crippen molar-refractivity contribution in [2.24, 2.45) is 5.92 Å². The average Bonchev–Trinajstić information content (AvgIpc) is 2.84. The van der Waals surface area contributed by atoms with Gasteiger partial charge in [-0.2, -0.15) is 0 Å². The summed E-state index contributed by atoms with van der Waals surface area (Å²) in [6.45, 7) is 1.84. The highest BCUT2D eigenvalue weighted by Gasteiger charge is 2.31. The lowest BCUT2D eigenvalue weighted by molar-refractivity contribution is -0.122. The Morgan fingerprint density at radius 2 is 2.00 bits per heavy atom. The zero-order valence-corrected chi connectivity index (χ0v) is 12.7. The molecule has 1 aliphatic carbocycles. The first-order valence-electron chi connectivity index (χ1n) is 7.21. The van der Waals surface area contributed by atoms with Gasteiger partial charge in [-0.25, -0.2) is 0 Å². The highest BCUT2D eigenvalue weighted by Crippen LogP contribution is 2.27. The molecule has 0 heterocycles. The number of nitrogens with zero attached hydrogens (tertiary/aromatic N) is 1. The summed E-state index contributed by atoms with van der Waals surface area (Å²) in [5, 5.41) is 12.6. The topological polar surface area (TPSA) is 69.6 Å². The van der Waals surface area contributed by atoms with Gasteiger partial charge in [-0.05, 0) is 49.9 Å². The fourth-order valence-corrected chi connectivity index (χ4v) is 2.70. The number of amides is 2. The molecule has 0 aliphatic heterocycles. The van der Waals surface area contributed by atoms with Crippen LogP contribution in [0.15, 0.2) is 18.2 Å². The molecule has 1 aromatic rings. The van der Waals surface area contributed by atoms with Crippen molar-refractivity contribution in [2.75, 3.05) is 19.4 Å². The van der Waals surface area contributed by atoms with E-state index in [9.17, 15) is 14.7 Å². The van der Waals surface area contributed by atoms with E-state index < -0.39 is 6.10 Å². The fourth-order valence-electron chi connectivity index (χ4n) is 2.70. The molecule has 0 saturated heterocycles. The van der Waals surface area contributed by atoms with Crippen LogP contribution in [0.4, 0.5) is 5.69 Å². The van der Waals surface area contributed by atoms with Crippen LogP contribution in [0.3, 0.4) is 0 Å². The van der Waals surface area contributed by atoms with Gasteiger partial charge in [0.1, 0.15) is 0 Å². The monoisotopic (exact) mass is 290 g/mol. The predicted molar refractivity (Wildman–Crippen MR) is 81.2 cm³/mol. The van der Waals surface area contributed by atoms with Crippen LogP contribution < -0.4 is 5.32 Å². The molecule has 5 nitrogen and oxygen atoms in total. The largest absolute Gasteiger partial charge is 0.392 e. The summed E-state index contributed by atoms with van der Waals surface area (Å²) in [5.74, 6) is -0.531. The van der Waals surface area contributed by atoms with Crippen LogP contribution >= 0.6 is 0 Å². The van der Waals surface area contributed by atoms with Crippen molar-refractivity contribution >= 4 is 17.5 Å². The standard InChI is InChI=1S/C16H22N2O3/c1-10-9-11(7-8-12(10)16(21)18(2)3)17-15(20)13-5-4-6-14(13)19/h7-9,13-14,19H,4-6H2,1-3H3,(H,17,20). The summed E-state index contributed by atoms with van der Waals surface area (Å²) in [4.78, 5) is 25.6. The van der Waals surface area contributed by atoms with Crippen LogP contribution in [0.5, 0.6) is 0 Å². The SMILES string of the molecule is Cc1cc(NC(=O)C2CCCC2O)ccc1C(=O)N(C)C. The number of hydrogen-bond acceptors (Lipinski definition) is 3. The van der Waals surface area contributed by atoms with E-state index in [-0.39, 0.29) is 17.7 Å². The second-order valence-electron chi connectivity index (χ2n) is 5.82. The lowest BCUT2D eigenvalue weighted by Crippen LogP contribution is -2.28. The lowest BCUT2D eigenvalue weighted by atomic mass is 10.0. The Morgan fingerprint density at radius 1 is 1.29 bits per heavy atom. The predicted octanol–water partition coefficient (Wildman–Crippen LogP) is 1.80. The number of carbonyl (C=O) groups excluding carboxylic acids is 2. The summed E-state index contributed by atoms with van der Waals surface area (Å²) in [7, 11) is 3.41. The summed E-state index contributed by atoms with van der Waals surface area (Å²) < 4.78 is 0. The Labute approximate surface area is 125 Å². The lowest BCUT2D eigenvalue weighted by Gasteiger charge is -2.16. The van der Waals surface area contributed by atoms with Crippen LogP contribution in [0.2, 0.25) is 0 Å². The van der Waals surface area contributed by atoms with Gasteiger partial charge in [0, 0.05) is 25.3 Å². The molecule has 2 amide bonds. The molecule has 114 valence electrons. The van der Waals surface area contributed by atoms with Gasteiger partial charge in [-0.3, -0.25) is 9.59 Å². The minimum atomic E-state index is -0.541. The van der Waals surface area contributed by atoms with Crippen molar-refractivity contribution in [3.63, 3.8) is 0 Å². The Morgan fingerprint density at radius 3 is 2.52 bits per heavy atom. The van der Waals surface area contributed by atoms with Crippen molar-refractivity contribution in [1.29, 1.82) is 0 Å². The van der Waals surface area contributed by atoms with Crippen LogP contribution in [-0.2, 0) is 4.79 Å².